The van der Waals surface area contributed by atoms with E-state index < -0.39 is 17.9 Å². The molecule has 3 aromatic carbocycles. The molecule has 0 atom stereocenters. The van der Waals surface area contributed by atoms with Crippen LogP contribution in [0.3, 0.4) is 0 Å². The summed E-state index contributed by atoms with van der Waals surface area (Å²) < 4.78 is 0. The molecule has 0 aromatic heterocycles. The van der Waals surface area contributed by atoms with E-state index in [2.05, 4.69) is 10.6 Å². The van der Waals surface area contributed by atoms with Crippen LogP contribution in [0.25, 0.3) is 0 Å². The van der Waals surface area contributed by atoms with E-state index in [9.17, 15) is 9.59 Å². The molecular formula is C21H18ClN3O2. The molecule has 5 nitrogen and oxygen atoms in total. The van der Waals surface area contributed by atoms with Crippen molar-refractivity contribution >= 4 is 34.8 Å². The number of anilines is 2. The number of rotatable bonds is 4. The van der Waals surface area contributed by atoms with Crippen LogP contribution in [0.1, 0.15) is 17.2 Å². The van der Waals surface area contributed by atoms with Crippen molar-refractivity contribution in [3.8, 4) is 0 Å². The number of amides is 2. The minimum atomic E-state index is -0.785. The summed E-state index contributed by atoms with van der Waals surface area (Å²) in [7, 11) is 0. The van der Waals surface area contributed by atoms with Gasteiger partial charge in [-0.25, -0.2) is 0 Å². The van der Waals surface area contributed by atoms with Gasteiger partial charge in [-0.1, -0.05) is 72.3 Å². The number of hydrogen-bond donors (Lipinski definition) is 3. The summed E-state index contributed by atoms with van der Waals surface area (Å²) in [5.74, 6) is -1.53. The van der Waals surface area contributed by atoms with E-state index in [1.807, 2.05) is 60.7 Å². The van der Waals surface area contributed by atoms with Gasteiger partial charge in [0.25, 0.3) is 0 Å². The topological polar surface area (TPSA) is 84.2 Å². The number of benzene rings is 3. The molecule has 0 bridgehead atoms. The van der Waals surface area contributed by atoms with Crippen LogP contribution in [0.4, 0.5) is 11.4 Å². The van der Waals surface area contributed by atoms with Crippen molar-refractivity contribution in [2.45, 2.75) is 6.04 Å². The molecule has 0 aliphatic carbocycles. The summed E-state index contributed by atoms with van der Waals surface area (Å²) >= 11 is 5.94. The van der Waals surface area contributed by atoms with Crippen LogP contribution in [-0.4, -0.2) is 11.8 Å². The molecule has 6 heteroatoms. The highest BCUT2D eigenvalue weighted by Gasteiger charge is 2.21. The summed E-state index contributed by atoms with van der Waals surface area (Å²) in [6.07, 6.45) is 0. The fraction of sp³-hybridized carbons (Fsp3) is 0.0476. The largest absolute Gasteiger partial charge is 0.398 e. The second kappa shape index (κ2) is 8.38. The van der Waals surface area contributed by atoms with Crippen LogP contribution >= 0.6 is 11.6 Å². The Hall–Kier alpha value is -3.31. The minimum Gasteiger partial charge on any atom is -0.398 e. The first kappa shape index (κ1) is 18.5. The lowest BCUT2D eigenvalue weighted by Crippen LogP contribution is -2.38. The molecular weight excluding hydrogens is 362 g/mol. The standard InChI is InChI=1S/C21H18ClN3O2/c22-17-13-16(11-12-18(17)23)24-20(26)21(27)25-19(14-7-3-1-4-8-14)15-9-5-2-6-10-15/h1-13,19H,23H2,(H,24,26)(H,25,27). The van der Waals surface area contributed by atoms with E-state index in [-0.39, 0.29) is 0 Å². The predicted molar refractivity (Wildman–Crippen MR) is 107 cm³/mol. The van der Waals surface area contributed by atoms with Crippen LogP contribution < -0.4 is 16.4 Å². The van der Waals surface area contributed by atoms with Gasteiger partial charge in [0, 0.05) is 5.69 Å². The highest BCUT2D eigenvalue weighted by Crippen LogP contribution is 2.23. The van der Waals surface area contributed by atoms with Crippen molar-refractivity contribution in [1.82, 2.24) is 5.32 Å². The van der Waals surface area contributed by atoms with Crippen molar-refractivity contribution in [2.24, 2.45) is 0 Å². The minimum absolute atomic E-state index is 0.305. The van der Waals surface area contributed by atoms with Gasteiger partial charge in [0.05, 0.1) is 16.8 Å². The molecule has 4 N–H and O–H groups in total. The Morgan fingerprint density at radius 3 is 1.89 bits per heavy atom. The normalized spacial score (nSPS) is 10.4. The van der Waals surface area contributed by atoms with Gasteiger partial charge in [-0.15, -0.1) is 0 Å². The number of nitrogen functional groups attached to an aromatic ring is 1. The van der Waals surface area contributed by atoms with Crippen molar-refractivity contribution in [3.05, 3.63) is 95.0 Å². The lowest BCUT2D eigenvalue weighted by Gasteiger charge is -2.19. The quantitative estimate of drug-likeness (QED) is 0.476. The molecule has 0 saturated carbocycles. The maximum absolute atomic E-state index is 12.5. The van der Waals surface area contributed by atoms with Gasteiger partial charge in [0.2, 0.25) is 0 Å². The molecule has 3 aromatic rings. The summed E-state index contributed by atoms with van der Waals surface area (Å²) in [5, 5.41) is 5.62. The Morgan fingerprint density at radius 2 is 1.37 bits per heavy atom. The van der Waals surface area contributed by atoms with Gasteiger partial charge in [0.1, 0.15) is 0 Å². The third-order valence-electron chi connectivity index (χ3n) is 4.01. The third-order valence-corrected chi connectivity index (χ3v) is 4.33. The number of nitrogens with one attached hydrogen (secondary N) is 2. The maximum Gasteiger partial charge on any atom is 0.313 e. The fourth-order valence-corrected chi connectivity index (χ4v) is 2.82. The molecule has 3 rings (SSSR count). The van der Waals surface area contributed by atoms with Gasteiger partial charge < -0.3 is 16.4 Å². The Labute approximate surface area is 162 Å². The van der Waals surface area contributed by atoms with Gasteiger partial charge in [-0.05, 0) is 29.3 Å². The highest BCUT2D eigenvalue weighted by molar-refractivity contribution is 6.40. The van der Waals surface area contributed by atoms with E-state index in [4.69, 9.17) is 17.3 Å². The molecule has 0 heterocycles. The summed E-state index contributed by atoms with van der Waals surface area (Å²) in [5.41, 5.74) is 8.19. The molecule has 0 spiro atoms. The first-order chi connectivity index (χ1) is 13.0. The SMILES string of the molecule is Nc1ccc(NC(=O)C(=O)NC(c2ccccc2)c2ccccc2)cc1Cl. The van der Waals surface area contributed by atoms with Crippen LogP contribution in [0.2, 0.25) is 5.02 Å². The molecule has 136 valence electrons. The molecule has 0 radical (unpaired) electrons. The van der Waals surface area contributed by atoms with E-state index in [0.717, 1.165) is 11.1 Å². The van der Waals surface area contributed by atoms with Gasteiger partial charge in [-0.3, -0.25) is 9.59 Å². The third kappa shape index (κ3) is 4.65. The van der Waals surface area contributed by atoms with E-state index in [1.54, 1.807) is 12.1 Å². The molecule has 0 aliphatic heterocycles. The molecule has 0 fully saturated rings. The smallest absolute Gasteiger partial charge is 0.313 e. The lowest BCUT2D eigenvalue weighted by molar-refractivity contribution is -0.136. The average molecular weight is 380 g/mol. The van der Waals surface area contributed by atoms with Crippen LogP contribution in [0, 0.1) is 0 Å². The zero-order chi connectivity index (χ0) is 19.2. The first-order valence-electron chi connectivity index (χ1n) is 8.31. The zero-order valence-corrected chi connectivity index (χ0v) is 15.1. The van der Waals surface area contributed by atoms with E-state index >= 15 is 0 Å². The number of carbonyl (C=O) groups is 2. The monoisotopic (exact) mass is 379 g/mol. The second-order valence-electron chi connectivity index (χ2n) is 5.92. The number of nitrogens with two attached hydrogens (primary N) is 1. The summed E-state index contributed by atoms with van der Waals surface area (Å²) in [6, 6.07) is 23.1. The Morgan fingerprint density at radius 1 is 0.815 bits per heavy atom. The first-order valence-corrected chi connectivity index (χ1v) is 8.69. The summed E-state index contributed by atoms with van der Waals surface area (Å²) in [6.45, 7) is 0. The lowest BCUT2D eigenvalue weighted by atomic mass is 9.99. The molecule has 0 unspecified atom stereocenters. The summed E-state index contributed by atoms with van der Waals surface area (Å²) in [4.78, 5) is 24.8. The molecule has 27 heavy (non-hydrogen) atoms. The number of carbonyl (C=O) groups excluding carboxylic acids is 2. The van der Waals surface area contributed by atoms with Crippen molar-refractivity contribution in [3.63, 3.8) is 0 Å². The maximum atomic E-state index is 12.5. The van der Waals surface area contributed by atoms with Crippen LogP contribution in [0.5, 0.6) is 0 Å². The number of hydrogen-bond acceptors (Lipinski definition) is 3. The Kier molecular flexibility index (Phi) is 5.74. The predicted octanol–water partition coefficient (Wildman–Crippen LogP) is 3.77. The number of halogens is 1. The van der Waals surface area contributed by atoms with Crippen LogP contribution in [-0.2, 0) is 9.59 Å². The Balaban J connectivity index is 1.78. The highest BCUT2D eigenvalue weighted by atomic mass is 35.5. The molecule has 0 saturated heterocycles. The van der Waals surface area contributed by atoms with Crippen molar-refractivity contribution in [2.75, 3.05) is 11.1 Å². The fourth-order valence-electron chi connectivity index (χ4n) is 2.64. The van der Waals surface area contributed by atoms with Gasteiger partial charge in [0.15, 0.2) is 0 Å². The van der Waals surface area contributed by atoms with E-state index in [1.165, 1.54) is 6.07 Å². The average Bonchev–Trinajstić information content (AvgIpc) is 2.70. The van der Waals surface area contributed by atoms with Crippen LogP contribution in [0.15, 0.2) is 78.9 Å². The van der Waals surface area contributed by atoms with Gasteiger partial charge in [-0.2, -0.15) is 0 Å². The second-order valence-corrected chi connectivity index (χ2v) is 6.33. The Bertz CT molecular complexity index is 907. The van der Waals surface area contributed by atoms with Gasteiger partial charge >= 0.3 is 11.8 Å². The molecule has 2 amide bonds. The van der Waals surface area contributed by atoms with E-state index in [0.29, 0.717) is 16.4 Å². The van der Waals surface area contributed by atoms with Crippen molar-refractivity contribution < 1.29 is 9.59 Å². The molecule has 0 aliphatic rings. The zero-order valence-electron chi connectivity index (χ0n) is 14.4. The van der Waals surface area contributed by atoms with Crippen molar-refractivity contribution in [1.29, 1.82) is 0 Å².